The van der Waals surface area contributed by atoms with E-state index in [2.05, 4.69) is 31.0 Å². The number of morpholine rings is 1. The van der Waals surface area contributed by atoms with Crippen molar-refractivity contribution in [1.82, 2.24) is 31.0 Å². The number of hydrogen-bond acceptors (Lipinski definition) is 10. The molecule has 2 aromatic heterocycles. The Kier molecular flexibility index (Phi) is 11.7. The van der Waals surface area contributed by atoms with Crippen molar-refractivity contribution in [1.29, 1.82) is 0 Å². The third kappa shape index (κ3) is 9.78. The molecule has 0 saturated carbocycles. The molecule has 2 unspecified atom stereocenters. The second kappa shape index (κ2) is 16.1. The number of ether oxygens (including phenoxy) is 2. The molecule has 3 aromatic rings. The molecule has 48 heavy (non-hydrogen) atoms. The van der Waals surface area contributed by atoms with E-state index in [-0.39, 0.29) is 30.2 Å². The van der Waals surface area contributed by atoms with E-state index in [0.29, 0.717) is 38.5 Å². The molecule has 2 saturated heterocycles. The average Bonchev–Trinajstić information content (AvgIpc) is 3.66. The van der Waals surface area contributed by atoms with E-state index < -0.39 is 41.4 Å². The number of Topliss-reactive ketones (excluding diaryl/α,β-unsaturated/α-hetero) is 1. The molecular weight excluding hydrogens is 616 g/mol. The minimum atomic E-state index is -1.07. The first-order valence-corrected chi connectivity index (χ1v) is 16.4. The van der Waals surface area contributed by atoms with Gasteiger partial charge in [0.05, 0.1) is 32.4 Å². The fraction of sp³-hybridized carbons (Fsp3) is 0.486. The lowest BCUT2D eigenvalue weighted by molar-refractivity contribution is -0.133. The van der Waals surface area contributed by atoms with E-state index in [1.807, 2.05) is 44.2 Å². The number of epoxide rings is 1. The van der Waals surface area contributed by atoms with Crippen LogP contribution < -0.4 is 16.0 Å². The predicted octanol–water partition coefficient (Wildman–Crippen LogP) is 1.86. The highest BCUT2D eigenvalue weighted by Gasteiger charge is 2.50. The number of rotatable bonds is 16. The molecule has 0 aliphatic carbocycles. The van der Waals surface area contributed by atoms with Gasteiger partial charge in [-0.25, -0.2) is 0 Å². The van der Waals surface area contributed by atoms with Crippen LogP contribution >= 0.6 is 0 Å². The predicted molar refractivity (Wildman–Crippen MR) is 175 cm³/mol. The van der Waals surface area contributed by atoms with E-state index >= 15 is 0 Å². The Morgan fingerprint density at radius 2 is 1.48 bits per heavy atom. The number of aromatic nitrogens is 2. The van der Waals surface area contributed by atoms with Crippen LogP contribution in [0.1, 0.15) is 54.6 Å². The molecule has 4 atom stereocenters. The van der Waals surface area contributed by atoms with Crippen LogP contribution in [0.15, 0.2) is 65.4 Å². The number of nitrogens with zero attached hydrogens (tertiary/aromatic N) is 3. The first-order valence-electron chi connectivity index (χ1n) is 16.4. The molecule has 0 spiro atoms. The maximum Gasteiger partial charge on any atom is 0.274 e. The van der Waals surface area contributed by atoms with Crippen LogP contribution in [0.2, 0.25) is 0 Å². The molecule has 13 heteroatoms. The zero-order valence-corrected chi connectivity index (χ0v) is 27.6. The van der Waals surface area contributed by atoms with Crippen molar-refractivity contribution < 1.29 is 33.2 Å². The fourth-order valence-electron chi connectivity index (χ4n) is 5.60. The molecule has 0 bridgehead atoms. The summed E-state index contributed by atoms with van der Waals surface area (Å²) in [7, 11) is 0. The third-order valence-electron chi connectivity index (χ3n) is 8.44. The first-order chi connectivity index (χ1) is 23.1. The standard InChI is InChI=1S/C35H44N6O7/c1-23(2)17-27(31(42)35(3)22-47-35)37-32(43)28(18-24-7-5-4-6-8-24)38-33(44)29(19-25-9-11-36-12-10-25)39-34(45)30-20-26(48-40-30)21-41-13-15-46-16-14-41/h4-12,20,23,27-29H,13-19,21-22H2,1-3H3,(H,37,43)(H,38,44)(H,39,45)/t27?,28?,29-,35+/m0/s1. The van der Waals surface area contributed by atoms with Crippen molar-refractivity contribution in [2.24, 2.45) is 5.92 Å². The lowest BCUT2D eigenvalue weighted by Gasteiger charge is -2.26. The number of nitrogens with one attached hydrogen (secondary N) is 3. The third-order valence-corrected chi connectivity index (χ3v) is 8.44. The van der Waals surface area contributed by atoms with Gasteiger partial charge < -0.3 is 29.9 Å². The number of carbonyl (C=O) groups is 4. The Labute approximate surface area is 280 Å². The topological polar surface area (TPSA) is 168 Å². The Morgan fingerprint density at radius 1 is 0.875 bits per heavy atom. The lowest BCUT2D eigenvalue weighted by atomic mass is 9.93. The van der Waals surface area contributed by atoms with Gasteiger partial charge >= 0.3 is 0 Å². The molecule has 2 aliphatic rings. The second-order valence-corrected chi connectivity index (χ2v) is 13.0. The monoisotopic (exact) mass is 660 g/mol. The summed E-state index contributed by atoms with van der Waals surface area (Å²) in [5, 5.41) is 12.5. The van der Waals surface area contributed by atoms with E-state index in [1.165, 1.54) is 0 Å². The molecule has 1 aromatic carbocycles. The van der Waals surface area contributed by atoms with Crippen LogP contribution in [-0.2, 0) is 43.2 Å². The van der Waals surface area contributed by atoms with Crippen molar-refractivity contribution >= 4 is 23.5 Å². The van der Waals surface area contributed by atoms with Gasteiger partial charge in [0.2, 0.25) is 11.8 Å². The van der Waals surface area contributed by atoms with Gasteiger partial charge in [0.1, 0.15) is 17.7 Å². The Bertz CT molecular complexity index is 1540. The molecule has 2 aliphatic heterocycles. The molecule has 2 fully saturated rings. The SMILES string of the molecule is CC(C)CC(NC(=O)C(Cc1ccccc1)NC(=O)[C@H](Cc1ccncc1)NC(=O)c1cc(CN2CCOCC2)on1)C(=O)[C@@]1(C)CO1. The molecule has 5 rings (SSSR count). The minimum absolute atomic E-state index is 0.0372. The molecule has 256 valence electrons. The van der Waals surface area contributed by atoms with Crippen molar-refractivity contribution in [2.45, 2.75) is 70.3 Å². The van der Waals surface area contributed by atoms with Gasteiger partial charge in [0, 0.05) is 44.4 Å². The van der Waals surface area contributed by atoms with Crippen LogP contribution in [0.5, 0.6) is 0 Å². The summed E-state index contributed by atoms with van der Waals surface area (Å²) < 4.78 is 16.2. The second-order valence-electron chi connectivity index (χ2n) is 13.0. The molecule has 13 nitrogen and oxygen atoms in total. The van der Waals surface area contributed by atoms with Gasteiger partial charge in [-0.1, -0.05) is 49.3 Å². The van der Waals surface area contributed by atoms with Crippen molar-refractivity contribution in [3.05, 3.63) is 83.5 Å². The van der Waals surface area contributed by atoms with Crippen LogP contribution in [0.4, 0.5) is 0 Å². The van der Waals surface area contributed by atoms with Crippen LogP contribution in [0.25, 0.3) is 0 Å². The quantitative estimate of drug-likeness (QED) is 0.193. The van der Waals surface area contributed by atoms with E-state index in [9.17, 15) is 19.2 Å². The summed E-state index contributed by atoms with van der Waals surface area (Å²) >= 11 is 0. The van der Waals surface area contributed by atoms with Crippen molar-refractivity contribution in [3.63, 3.8) is 0 Å². The normalized spacial score (nSPS) is 19.6. The van der Waals surface area contributed by atoms with Gasteiger partial charge in [-0.15, -0.1) is 0 Å². The van der Waals surface area contributed by atoms with E-state index in [4.69, 9.17) is 14.0 Å². The number of ketones is 1. The molecule has 3 N–H and O–H groups in total. The first kappa shape index (κ1) is 34.9. The zero-order chi connectivity index (χ0) is 34.1. The minimum Gasteiger partial charge on any atom is -0.379 e. The number of pyridine rings is 1. The number of hydrogen-bond donors (Lipinski definition) is 3. The Morgan fingerprint density at radius 3 is 2.10 bits per heavy atom. The van der Waals surface area contributed by atoms with Crippen molar-refractivity contribution in [2.75, 3.05) is 32.9 Å². The highest BCUT2D eigenvalue weighted by atomic mass is 16.6. The van der Waals surface area contributed by atoms with E-state index in [1.54, 1.807) is 37.5 Å². The summed E-state index contributed by atoms with van der Waals surface area (Å²) in [5.41, 5.74) is 0.680. The maximum absolute atomic E-state index is 14.0. The number of amides is 3. The number of carbonyl (C=O) groups excluding carboxylic acids is 4. The summed E-state index contributed by atoms with van der Waals surface area (Å²) in [6.45, 7) is 9.17. The molecule has 3 amide bonds. The Hall–Kier alpha value is -4.46. The van der Waals surface area contributed by atoms with E-state index in [0.717, 1.165) is 24.2 Å². The molecular formula is C35H44N6O7. The van der Waals surface area contributed by atoms with Gasteiger partial charge in [0.25, 0.3) is 5.91 Å². The fourth-order valence-corrected chi connectivity index (χ4v) is 5.60. The number of benzene rings is 1. The highest BCUT2D eigenvalue weighted by Crippen LogP contribution is 2.29. The summed E-state index contributed by atoms with van der Waals surface area (Å²) in [6.07, 6.45) is 3.91. The Balaban J connectivity index is 1.33. The molecule has 0 radical (unpaired) electrons. The summed E-state index contributed by atoms with van der Waals surface area (Å²) in [4.78, 5) is 60.7. The highest BCUT2D eigenvalue weighted by molar-refractivity contribution is 5.99. The van der Waals surface area contributed by atoms with Gasteiger partial charge in [-0.3, -0.25) is 29.1 Å². The summed E-state index contributed by atoms with van der Waals surface area (Å²) in [5.74, 6) is -1.23. The van der Waals surface area contributed by atoms with Gasteiger partial charge in [-0.05, 0) is 42.5 Å². The van der Waals surface area contributed by atoms with Gasteiger partial charge in [-0.2, -0.15) is 0 Å². The van der Waals surface area contributed by atoms with Crippen LogP contribution in [0, 0.1) is 5.92 Å². The average molecular weight is 661 g/mol. The lowest BCUT2D eigenvalue weighted by Crippen LogP contribution is -2.57. The summed E-state index contributed by atoms with van der Waals surface area (Å²) in [6, 6.07) is 11.4. The smallest absolute Gasteiger partial charge is 0.274 e. The molecule has 4 heterocycles. The largest absolute Gasteiger partial charge is 0.379 e. The zero-order valence-electron chi connectivity index (χ0n) is 27.6. The van der Waals surface area contributed by atoms with Crippen LogP contribution in [0.3, 0.4) is 0 Å². The van der Waals surface area contributed by atoms with Gasteiger partial charge in [0.15, 0.2) is 17.2 Å². The van der Waals surface area contributed by atoms with Crippen molar-refractivity contribution in [3.8, 4) is 0 Å². The van der Waals surface area contributed by atoms with Crippen LogP contribution in [-0.4, -0.2) is 95.2 Å². The maximum atomic E-state index is 14.0.